The Kier molecular flexibility index (Phi) is 5.90. The van der Waals surface area contributed by atoms with E-state index in [9.17, 15) is 4.79 Å². The van der Waals surface area contributed by atoms with Crippen molar-refractivity contribution in [3.05, 3.63) is 78.1 Å². The average Bonchev–Trinajstić information content (AvgIpc) is 2.85. The highest BCUT2D eigenvalue weighted by atomic mass is 19.1. The van der Waals surface area contributed by atoms with Crippen LogP contribution in [0, 0.1) is 12.7 Å². The molecule has 0 saturated carbocycles. The summed E-state index contributed by atoms with van der Waals surface area (Å²) in [7, 11) is 0. The SMILES string of the molecule is Cc1cccc2ccnc(N(C(=O)c3ccc(-c4cncnc4N)cc3F)[C@@H]3CCCNC3)c12. The van der Waals surface area contributed by atoms with Crippen LogP contribution in [0.2, 0.25) is 0 Å². The van der Waals surface area contributed by atoms with E-state index in [0.29, 0.717) is 23.5 Å². The lowest BCUT2D eigenvalue weighted by atomic mass is 10.00. The van der Waals surface area contributed by atoms with Gasteiger partial charge in [-0.2, -0.15) is 0 Å². The predicted molar refractivity (Wildman–Crippen MR) is 131 cm³/mol. The smallest absolute Gasteiger partial charge is 0.262 e. The third kappa shape index (κ3) is 3.97. The fourth-order valence-electron chi connectivity index (χ4n) is 4.61. The van der Waals surface area contributed by atoms with Crippen molar-refractivity contribution < 1.29 is 9.18 Å². The first-order valence-corrected chi connectivity index (χ1v) is 11.3. The van der Waals surface area contributed by atoms with Gasteiger partial charge in [0.2, 0.25) is 0 Å². The fourth-order valence-corrected chi connectivity index (χ4v) is 4.61. The van der Waals surface area contributed by atoms with Crippen LogP contribution in [0.25, 0.3) is 21.9 Å². The van der Waals surface area contributed by atoms with Gasteiger partial charge in [0.15, 0.2) is 0 Å². The molecule has 0 radical (unpaired) electrons. The standard InChI is InChI=1S/C26H25FN6O/c1-16-4-2-5-17-9-11-31-25(23(16)17)33(19-6-3-10-29-13-19)26(34)20-8-7-18(12-22(20)27)21-14-30-15-32-24(21)28/h2,4-5,7-9,11-12,14-15,19,29H,3,6,10,13H2,1H3,(H2,28,30,32)/t19-/m1/s1. The molecule has 7 nitrogen and oxygen atoms in total. The van der Waals surface area contributed by atoms with Crippen LogP contribution in [0.3, 0.4) is 0 Å². The van der Waals surface area contributed by atoms with E-state index in [1.807, 2.05) is 31.2 Å². The zero-order valence-corrected chi connectivity index (χ0v) is 18.8. The first-order valence-electron chi connectivity index (χ1n) is 11.3. The van der Waals surface area contributed by atoms with Gasteiger partial charge in [-0.1, -0.05) is 24.3 Å². The molecule has 0 bridgehead atoms. The van der Waals surface area contributed by atoms with Gasteiger partial charge in [-0.15, -0.1) is 0 Å². The number of pyridine rings is 1. The summed E-state index contributed by atoms with van der Waals surface area (Å²) in [6.07, 6.45) is 6.29. The van der Waals surface area contributed by atoms with E-state index in [4.69, 9.17) is 5.73 Å². The number of carbonyl (C=O) groups excluding carboxylic acids is 1. The number of carbonyl (C=O) groups is 1. The molecule has 1 aliphatic rings. The van der Waals surface area contributed by atoms with Crippen LogP contribution in [-0.4, -0.2) is 40.0 Å². The normalized spacial score (nSPS) is 15.9. The van der Waals surface area contributed by atoms with Crippen LogP contribution in [0.5, 0.6) is 0 Å². The zero-order valence-electron chi connectivity index (χ0n) is 18.8. The van der Waals surface area contributed by atoms with E-state index in [2.05, 4.69) is 20.3 Å². The summed E-state index contributed by atoms with van der Waals surface area (Å²) in [5.74, 6) is -0.243. The van der Waals surface area contributed by atoms with Crippen molar-refractivity contribution in [1.29, 1.82) is 0 Å². The van der Waals surface area contributed by atoms with Crippen LogP contribution in [0.4, 0.5) is 16.0 Å². The third-order valence-electron chi connectivity index (χ3n) is 6.32. The van der Waals surface area contributed by atoms with Gasteiger partial charge >= 0.3 is 0 Å². The van der Waals surface area contributed by atoms with E-state index in [0.717, 1.165) is 35.7 Å². The van der Waals surface area contributed by atoms with E-state index >= 15 is 4.39 Å². The summed E-state index contributed by atoms with van der Waals surface area (Å²) in [6, 6.07) is 12.2. The van der Waals surface area contributed by atoms with Crippen molar-refractivity contribution in [3.8, 4) is 11.1 Å². The largest absolute Gasteiger partial charge is 0.383 e. The number of benzene rings is 2. The molecule has 4 aromatic rings. The fraction of sp³-hybridized carbons (Fsp3) is 0.231. The number of piperidine rings is 1. The molecule has 1 atom stereocenters. The molecule has 1 amide bonds. The summed E-state index contributed by atoms with van der Waals surface area (Å²) >= 11 is 0. The number of hydrogen-bond donors (Lipinski definition) is 2. The Morgan fingerprint density at radius 1 is 1.21 bits per heavy atom. The maximum absolute atomic E-state index is 15.4. The molecular weight excluding hydrogens is 431 g/mol. The molecule has 2 aromatic heterocycles. The van der Waals surface area contributed by atoms with Crippen LogP contribution >= 0.6 is 0 Å². The summed E-state index contributed by atoms with van der Waals surface area (Å²) in [4.78, 5) is 28.1. The Morgan fingerprint density at radius 2 is 2.09 bits per heavy atom. The first-order chi connectivity index (χ1) is 16.5. The van der Waals surface area contributed by atoms with Gasteiger partial charge in [0, 0.05) is 29.9 Å². The van der Waals surface area contributed by atoms with Gasteiger partial charge < -0.3 is 11.1 Å². The van der Waals surface area contributed by atoms with Gasteiger partial charge in [0.1, 0.15) is 23.8 Å². The van der Waals surface area contributed by atoms with Crippen LogP contribution < -0.4 is 16.0 Å². The molecule has 0 spiro atoms. The maximum Gasteiger partial charge on any atom is 0.262 e. The van der Waals surface area contributed by atoms with E-state index in [-0.39, 0.29) is 17.4 Å². The number of aryl methyl sites for hydroxylation is 1. The molecule has 0 aliphatic carbocycles. The molecule has 1 fully saturated rings. The summed E-state index contributed by atoms with van der Waals surface area (Å²) in [6.45, 7) is 3.51. The van der Waals surface area contributed by atoms with Crippen LogP contribution in [0.1, 0.15) is 28.8 Å². The minimum absolute atomic E-state index is 0.0165. The second-order valence-corrected chi connectivity index (χ2v) is 8.50. The Morgan fingerprint density at radius 3 is 2.85 bits per heavy atom. The van der Waals surface area contributed by atoms with Crippen molar-refractivity contribution in [1.82, 2.24) is 20.3 Å². The molecular formula is C26H25FN6O. The molecule has 3 N–H and O–H groups in total. The Hall–Kier alpha value is -3.91. The highest BCUT2D eigenvalue weighted by molar-refractivity contribution is 6.11. The number of rotatable bonds is 4. The summed E-state index contributed by atoms with van der Waals surface area (Å²) in [5, 5.41) is 5.25. The lowest BCUT2D eigenvalue weighted by molar-refractivity contribution is 0.0968. The Labute approximate surface area is 196 Å². The van der Waals surface area contributed by atoms with Gasteiger partial charge in [-0.25, -0.2) is 19.3 Å². The molecule has 5 rings (SSSR count). The number of nitrogens with two attached hydrogens (primary N) is 1. The molecule has 34 heavy (non-hydrogen) atoms. The average molecular weight is 457 g/mol. The minimum Gasteiger partial charge on any atom is -0.383 e. The highest BCUT2D eigenvalue weighted by Gasteiger charge is 2.31. The van der Waals surface area contributed by atoms with Crippen molar-refractivity contribution >= 4 is 28.3 Å². The summed E-state index contributed by atoms with van der Waals surface area (Å²) < 4.78 is 15.4. The van der Waals surface area contributed by atoms with Gasteiger partial charge in [-0.05, 0) is 61.0 Å². The number of halogens is 1. The number of nitrogens with zero attached hydrogens (tertiary/aromatic N) is 4. The number of fused-ring (bicyclic) bond motifs is 1. The predicted octanol–water partition coefficient (Wildman–Crippen LogP) is 4.12. The van der Waals surface area contributed by atoms with Crippen molar-refractivity contribution in [3.63, 3.8) is 0 Å². The Bertz CT molecular complexity index is 1360. The van der Waals surface area contributed by atoms with Gasteiger partial charge in [0.05, 0.1) is 11.6 Å². The number of amides is 1. The lowest BCUT2D eigenvalue weighted by Crippen LogP contribution is -2.49. The molecule has 8 heteroatoms. The molecule has 1 aliphatic heterocycles. The van der Waals surface area contributed by atoms with Crippen LogP contribution in [-0.2, 0) is 0 Å². The number of nitrogen functional groups attached to an aromatic ring is 1. The number of hydrogen-bond acceptors (Lipinski definition) is 6. The third-order valence-corrected chi connectivity index (χ3v) is 6.32. The topological polar surface area (TPSA) is 97.0 Å². The molecule has 0 unspecified atom stereocenters. The number of nitrogens with one attached hydrogen (secondary N) is 1. The zero-order chi connectivity index (χ0) is 23.7. The van der Waals surface area contributed by atoms with Crippen molar-refractivity contribution in [2.24, 2.45) is 0 Å². The minimum atomic E-state index is -0.628. The van der Waals surface area contributed by atoms with E-state index < -0.39 is 11.7 Å². The van der Waals surface area contributed by atoms with Crippen LogP contribution in [0.15, 0.2) is 61.2 Å². The van der Waals surface area contributed by atoms with Gasteiger partial charge in [0.25, 0.3) is 5.91 Å². The molecule has 2 aromatic carbocycles. The highest BCUT2D eigenvalue weighted by Crippen LogP contribution is 2.32. The quantitative estimate of drug-likeness (QED) is 0.480. The first kappa shape index (κ1) is 21.9. The summed E-state index contributed by atoms with van der Waals surface area (Å²) in [5.41, 5.74) is 7.95. The van der Waals surface area contributed by atoms with Crippen molar-refractivity contribution in [2.45, 2.75) is 25.8 Å². The van der Waals surface area contributed by atoms with E-state index in [1.54, 1.807) is 17.2 Å². The maximum atomic E-state index is 15.4. The number of aromatic nitrogens is 3. The van der Waals surface area contributed by atoms with Gasteiger partial charge in [-0.3, -0.25) is 9.69 Å². The molecule has 1 saturated heterocycles. The Balaban J connectivity index is 1.61. The lowest BCUT2D eigenvalue weighted by Gasteiger charge is -2.35. The number of anilines is 2. The monoisotopic (exact) mass is 456 g/mol. The molecule has 3 heterocycles. The second-order valence-electron chi connectivity index (χ2n) is 8.50. The molecule has 172 valence electrons. The van der Waals surface area contributed by atoms with Crippen molar-refractivity contribution in [2.75, 3.05) is 23.7 Å². The van der Waals surface area contributed by atoms with E-state index in [1.165, 1.54) is 24.7 Å². The second kappa shape index (κ2) is 9.15.